The molecule has 0 N–H and O–H groups in total. The fraction of sp³-hybridized carbons (Fsp3) is 1.00. The highest BCUT2D eigenvalue weighted by molar-refractivity contribution is 7.59. The standard InChI is InChI=1S/C4H10O.H2S/c1-4(2)5-3;/h4H,1-3H3;1H2. The van der Waals surface area contributed by atoms with Crippen molar-refractivity contribution in [2.75, 3.05) is 7.11 Å². The SMILES string of the molecule is COC(C)C.S. The Morgan fingerprint density at radius 3 is 1.50 bits per heavy atom. The first kappa shape index (κ1) is 9.58. The number of hydrogen-bond acceptors (Lipinski definition) is 1. The summed E-state index contributed by atoms with van der Waals surface area (Å²) in [6.45, 7) is 4.00. The van der Waals surface area contributed by atoms with Gasteiger partial charge in [-0.25, -0.2) is 0 Å². The topological polar surface area (TPSA) is 9.23 Å². The van der Waals surface area contributed by atoms with E-state index in [0.717, 1.165) is 0 Å². The van der Waals surface area contributed by atoms with E-state index in [1.165, 1.54) is 0 Å². The first-order valence-corrected chi connectivity index (χ1v) is 1.80. The Morgan fingerprint density at radius 1 is 1.33 bits per heavy atom. The predicted molar refractivity (Wildman–Crippen MR) is 32.5 cm³/mol. The summed E-state index contributed by atoms with van der Waals surface area (Å²) in [5.74, 6) is 0. The van der Waals surface area contributed by atoms with Crippen molar-refractivity contribution in [1.29, 1.82) is 0 Å². The minimum atomic E-state index is 0. The molecule has 0 aliphatic rings. The maximum Gasteiger partial charge on any atom is 0.0515 e. The Kier molecular flexibility index (Phi) is 8.48. The number of rotatable bonds is 1. The van der Waals surface area contributed by atoms with Crippen LogP contribution in [0.25, 0.3) is 0 Å². The Labute approximate surface area is 46.1 Å². The largest absolute Gasteiger partial charge is 0.382 e. The van der Waals surface area contributed by atoms with Crippen LogP contribution < -0.4 is 0 Å². The highest BCUT2D eigenvalue weighted by Gasteiger charge is 1.78. The van der Waals surface area contributed by atoms with Crippen molar-refractivity contribution in [3.8, 4) is 0 Å². The Hall–Kier alpha value is 0.310. The zero-order valence-corrected chi connectivity index (χ0v) is 5.49. The van der Waals surface area contributed by atoms with Crippen molar-refractivity contribution in [2.45, 2.75) is 20.0 Å². The van der Waals surface area contributed by atoms with E-state index in [1.54, 1.807) is 7.11 Å². The van der Waals surface area contributed by atoms with Crippen LogP contribution in [0.15, 0.2) is 0 Å². The average molecular weight is 108 g/mol. The second kappa shape index (κ2) is 5.31. The maximum atomic E-state index is 4.75. The van der Waals surface area contributed by atoms with E-state index >= 15 is 0 Å². The van der Waals surface area contributed by atoms with E-state index < -0.39 is 0 Å². The molecule has 2 heteroatoms. The van der Waals surface area contributed by atoms with Gasteiger partial charge in [-0.2, -0.15) is 13.5 Å². The molecule has 0 aromatic carbocycles. The quantitative estimate of drug-likeness (QED) is 0.489. The molecule has 0 aliphatic carbocycles. The molecule has 0 saturated carbocycles. The fourth-order valence-corrected chi connectivity index (χ4v) is 0. The molecule has 0 aromatic rings. The molecule has 0 amide bonds. The second-order valence-electron chi connectivity index (χ2n) is 1.28. The van der Waals surface area contributed by atoms with E-state index in [9.17, 15) is 0 Å². The molecule has 0 radical (unpaired) electrons. The first-order chi connectivity index (χ1) is 2.27. The highest BCUT2D eigenvalue weighted by Crippen LogP contribution is 1.77. The summed E-state index contributed by atoms with van der Waals surface area (Å²) >= 11 is 0. The van der Waals surface area contributed by atoms with Crippen LogP contribution >= 0.6 is 13.5 Å². The molecule has 0 saturated heterocycles. The fourth-order valence-electron chi connectivity index (χ4n) is 0. The first-order valence-electron chi connectivity index (χ1n) is 1.80. The van der Waals surface area contributed by atoms with Gasteiger partial charge in [-0.1, -0.05) is 0 Å². The lowest BCUT2D eigenvalue weighted by atomic mass is 10.5. The lowest BCUT2D eigenvalue weighted by Gasteiger charge is -1.94. The summed E-state index contributed by atoms with van der Waals surface area (Å²) in [5.41, 5.74) is 0. The van der Waals surface area contributed by atoms with Gasteiger partial charge < -0.3 is 4.74 Å². The molecule has 40 valence electrons. The molecule has 0 rings (SSSR count). The summed E-state index contributed by atoms with van der Waals surface area (Å²) in [6.07, 6.45) is 0.384. The Balaban J connectivity index is 0. The third-order valence-electron chi connectivity index (χ3n) is 0.471. The van der Waals surface area contributed by atoms with Gasteiger partial charge in [0.1, 0.15) is 0 Å². The number of hydrogen-bond donors (Lipinski definition) is 0. The van der Waals surface area contributed by atoms with Gasteiger partial charge in [-0.05, 0) is 13.8 Å². The van der Waals surface area contributed by atoms with Crippen molar-refractivity contribution in [2.24, 2.45) is 0 Å². The monoisotopic (exact) mass is 108 g/mol. The third-order valence-corrected chi connectivity index (χ3v) is 0.471. The van der Waals surface area contributed by atoms with Gasteiger partial charge in [0, 0.05) is 7.11 Å². The van der Waals surface area contributed by atoms with Crippen LogP contribution in [-0.4, -0.2) is 13.2 Å². The summed E-state index contributed by atoms with van der Waals surface area (Å²) in [7, 11) is 1.70. The number of ether oxygens (including phenoxy) is 1. The van der Waals surface area contributed by atoms with Gasteiger partial charge in [0.05, 0.1) is 6.10 Å². The maximum absolute atomic E-state index is 4.75. The molecule has 0 bridgehead atoms. The molecule has 0 unspecified atom stereocenters. The summed E-state index contributed by atoms with van der Waals surface area (Å²) in [6, 6.07) is 0. The summed E-state index contributed by atoms with van der Waals surface area (Å²) < 4.78 is 4.75. The van der Waals surface area contributed by atoms with Crippen molar-refractivity contribution < 1.29 is 4.74 Å². The van der Waals surface area contributed by atoms with Gasteiger partial charge in [0.2, 0.25) is 0 Å². The van der Waals surface area contributed by atoms with Crippen LogP contribution in [0, 0.1) is 0 Å². The Bertz CT molecular complexity index is 21.5. The van der Waals surface area contributed by atoms with Crippen LogP contribution in [0.4, 0.5) is 0 Å². The predicted octanol–water partition coefficient (Wildman–Crippen LogP) is 1.15. The van der Waals surface area contributed by atoms with Crippen molar-refractivity contribution >= 4 is 13.5 Å². The average Bonchev–Trinajstić information content (AvgIpc) is 1.38. The van der Waals surface area contributed by atoms with Gasteiger partial charge in [-0.15, -0.1) is 0 Å². The summed E-state index contributed by atoms with van der Waals surface area (Å²) in [5, 5.41) is 0. The van der Waals surface area contributed by atoms with Gasteiger partial charge in [0.15, 0.2) is 0 Å². The van der Waals surface area contributed by atoms with Gasteiger partial charge >= 0.3 is 0 Å². The molecule has 0 atom stereocenters. The van der Waals surface area contributed by atoms with Gasteiger partial charge in [0.25, 0.3) is 0 Å². The minimum absolute atomic E-state index is 0. The smallest absolute Gasteiger partial charge is 0.0515 e. The molecule has 0 fully saturated rings. The highest BCUT2D eigenvalue weighted by atomic mass is 32.1. The zero-order chi connectivity index (χ0) is 4.28. The molecule has 0 spiro atoms. The van der Waals surface area contributed by atoms with E-state index in [2.05, 4.69) is 0 Å². The normalized spacial score (nSPS) is 8.00. The molecular weight excluding hydrogens is 96.1 g/mol. The van der Waals surface area contributed by atoms with Crippen molar-refractivity contribution in [1.82, 2.24) is 0 Å². The molecule has 0 heterocycles. The molecular formula is C4H12OS. The Morgan fingerprint density at radius 2 is 1.50 bits per heavy atom. The molecule has 6 heavy (non-hydrogen) atoms. The molecule has 1 nitrogen and oxygen atoms in total. The van der Waals surface area contributed by atoms with Crippen molar-refractivity contribution in [3.63, 3.8) is 0 Å². The number of methoxy groups -OCH3 is 1. The lowest BCUT2D eigenvalue weighted by molar-refractivity contribution is 0.134. The third kappa shape index (κ3) is 8.85. The zero-order valence-electron chi connectivity index (χ0n) is 4.49. The van der Waals surface area contributed by atoms with Crippen LogP contribution in [0.1, 0.15) is 13.8 Å². The lowest BCUT2D eigenvalue weighted by Crippen LogP contribution is -1.94. The van der Waals surface area contributed by atoms with E-state index in [1.807, 2.05) is 13.8 Å². The van der Waals surface area contributed by atoms with Crippen LogP contribution in [0.5, 0.6) is 0 Å². The van der Waals surface area contributed by atoms with Crippen LogP contribution in [0.3, 0.4) is 0 Å². The second-order valence-corrected chi connectivity index (χ2v) is 1.28. The van der Waals surface area contributed by atoms with Crippen LogP contribution in [-0.2, 0) is 4.74 Å². The minimum Gasteiger partial charge on any atom is -0.382 e. The molecule has 0 aliphatic heterocycles. The van der Waals surface area contributed by atoms with Gasteiger partial charge in [-0.3, -0.25) is 0 Å². The van der Waals surface area contributed by atoms with E-state index in [4.69, 9.17) is 4.74 Å². The molecule has 0 aromatic heterocycles. The van der Waals surface area contributed by atoms with Crippen LogP contribution in [0.2, 0.25) is 0 Å². The van der Waals surface area contributed by atoms with Crippen molar-refractivity contribution in [3.05, 3.63) is 0 Å². The van der Waals surface area contributed by atoms with E-state index in [-0.39, 0.29) is 13.5 Å². The summed E-state index contributed by atoms with van der Waals surface area (Å²) in [4.78, 5) is 0. The van der Waals surface area contributed by atoms with E-state index in [0.29, 0.717) is 6.10 Å².